The molecule has 1 aromatic heterocycles. The third-order valence-electron chi connectivity index (χ3n) is 2.82. The van der Waals surface area contributed by atoms with Crippen molar-refractivity contribution in [2.45, 2.75) is 39.2 Å². The van der Waals surface area contributed by atoms with Gasteiger partial charge in [-0.3, -0.25) is 0 Å². The first kappa shape index (κ1) is 14.2. The minimum absolute atomic E-state index is 0.507. The van der Waals surface area contributed by atoms with Crippen LogP contribution in [0.3, 0.4) is 0 Å². The Kier molecular flexibility index (Phi) is 6.89. The third kappa shape index (κ3) is 5.33. The van der Waals surface area contributed by atoms with Gasteiger partial charge in [0, 0.05) is 31.6 Å². The number of aryl methyl sites for hydroxylation is 1. The Balaban J connectivity index is 2.11. The molecule has 1 heterocycles. The van der Waals surface area contributed by atoms with Crippen LogP contribution >= 0.6 is 0 Å². The molecule has 0 atom stereocenters. The highest BCUT2D eigenvalue weighted by Crippen LogP contribution is 2.11. The van der Waals surface area contributed by atoms with E-state index in [2.05, 4.69) is 28.7 Å². The smallest absolute Gasteiger partial charge is 0.0950 e. The van der Waals surface area contributed by atoms with Gasteiger partial charge in [-0.2, -0.15) is 0 Å². The molecule has 98 valence electrons. The first-order valence-corrected chi connectivity index (χ1v) is 6.46. The summed E-state index contributed by atoms with van der Waals surface area (Å²) in [5.74, 6) is 0. The summed E-state index contributed by atoms with van der Waals surface area (Å²) in [5.41, 5.74) is 1.34. The van der Waals surface area contributed by atoms with E-state index in [1.165, 1.54) is 18.5 Å². The van der Waals surface area contributed by atoms with E-state index in [4.69, 9.17) is 4.74 Å². The lowest BCUT2D eigenvalue weighted by atomic mass is 10.2. The van der Waals surface area contributed by atoms with Gasteiger partial charge >= 0.3 is 0 Å². The van der Waals surface area contributed by atoms with Gasteiger partial charge in [-0.1, -0.05) is 0 Å². The highest BCUT2D eigenvalue weighted by Gasteiger charge is 2.04. The molecule has 0 aliphatic carbocycles. The van der Waals surface area contributed by atoms with Crippen LogP contribution in [0.1, 0.15) is 38.4 Å². The average molecular weight is 239 g/mol. The van der Waals surface area contributed by atoms with Crippen molar-refractivity contribution in [1.29, 1.82) is 0 Å². The van der Waals surface area contributed by atoms with Crippen LogP contribution in [-0.4, -0.2) is 36.4 Å². The van der Waals surface area contributed by atoms with Crippen molar-refractivity contribution in [3.05, 3.63) is 18.2 Å². The van der Waals surface area contributed by atoms with Gasteiger partial charge in [0.1, 0.15) is 0 Å². The molecule has 0 aromatic carbocycles. The SMILES string of the molecule is COCCNCCCCc1cncn1C(C)C. The molecule has 17 heavy (non-hydrogen) atoms. The number of unbranched alkanes of at least 4 members (excludes halogenated alkanes) is 1. The van der Waals surface area contributed by atoms with E-state index in [0.717, 1.165) is 26.1 Å². The molecule has 1 rings (SSSR count). The summed E-state index contributed by atoms with van der Waals surface area (Å²) in [6, 6.07) is 0.507. The van der Waals surface area contributed by atoms with Crippen molar-refractivity contribution >= 4 is 0 Å². The Bertz CT molecular complexity index is 297. The molecule has 4 nitrogen and oxygen atoms in total. The molecule has 1 N–H and O–H groups in total. The Hall–Kier alpha value is -0.870. The van der Waals surface area contributed by atoms with Crippen LogP contribution in [0.2, 0.25) is 0 Å². The molecule has 0 unspecified atom stereocenters. The van der Waals surface area contributed by atoms with Crippen molar-refractivity contribution in [3.63, 3.8) is 0 Å². The highest BCUT2D eigenvalue weighted by molar-refractivity contribution is 4.99. The van der Waals surface area contributed by atoms with E-state index in [1.54, 1.807) is 7.11 Å². The van der Waals surface area contributed by atoms with Crippen molar-refractivity contribution < 1.29 is 4.74 Å². The lowest BCUT2D eigenvalue weighted by Gasteiger charge is -2.11. The average Bonchev–Trinajstić information content (AvgIpc) is 2.76. The monoisotopic (exact) mass is 239 g/mol. The fourth-order valence-corrected chi connectivity index (χ4v) is 1.85. The van der Waals surface area contributed by atoms with Gasteiger partial charge in [0.05, 0.1) is 12.9 Å². The van der Waals surface area contributed by atoms with Crippen LogP contribution < -0.4 is 5.32 Å². The zero-order valence-corrected chi connectivity index (χ0v) is 11.3. The zero-order chi connectivity index (χ0) is 12.5. The van der Waals surface area contributed by atoms with Crippen molar-refractivity contribution in [2.24, 2.45) is 0 Å². The summed E-state index contributed by atoms with van der Waals surface area (Å²) in [6.07, 6.45) is 7.44. The summed E-state index contributed by atoms with van der Waals surface area (Å²) in [5, 5.41) is 3.36. The standard InChI is InChI=1S/C13H25N3O/c1-12(2)16-11-15-10-13(16)6-4-5-7-14-8-9-17-3/h10-12,14H,4-9H2,1-3H3. The summed E-state index contributed by atoms with van der Waals surface area (Å²) in [6.45, 7) is 7.19. The maximum Gasteiger partial charge on any atom is 0.0950 e. The van der Waals surface area contributed by atoms with Gasteiger partial charge in [-0.25, -0.2) is 4.98 Å². The molecule has 1 aromatic rings. The van der Waals surface area contributed by atoms with Crippen molar-refractivity contribution in [2.75, 3.05) is 26.8 Å². The number of imidazole rings is 1. The summed E-state index contributed by atoms with van der Waals surface area (Å²) < 4.78 is 7.22. The second kappa shape index (κ2) is 8.25. The molecule has 0 saturated heterocycles. The minimum Gasteiger partial charge on any atom is -0.383 e. The maximum absolute atomic E-state index is 4.98. The molecule has 0 saturated carbocycles. The first-order chi connectivity index (χ1) is 8.25. The van der Waals surface area contributed by atoms with E-state index in [9.17, 15) is 0 Å². The Morgan fingerprint density at radius 3 is 2.88 bits per heavy atom. The van der Waals surface area contributed by atoms with E-state index in [1.807, 2.05) is 12.5 Å². The van der Waals surface area contributed by atoms with Gasteiger partial charge in [0.25, 0.3) is 0 Å². The summed E-state index contributed by atoms with van der Waals surface area (Å²) >= 11 is 0. The lowest BCUT2D eigenvalue weighted by Crippen LogP contribution is -2.20. The number of hydrogen-bond donors (Lipinski definition) is 1. The molecule has 0 radical (unpaired) electrons. The van der Waals surface area contributed by atoms with Crippen LogP contribution in [0.15, 0.2) is 12.5 Å². The predicted octanol–water partition coefficient (Wildman–Crippen LogP) is 2.02. The highest BCUT2D eigenvalue weighted by atomic mass is 16.5. The number of nitrogens with zero attached hydrogens (tertiary/aromatic N) is 2. The number of aromatic nitrogens is 2. The molecule has 0 bridgehead atoms. The van der Waals surface area contributed by atoms with Gasteiger partial charge in [0.15, 0.2) is 0 Å². The van der Waals surface area contributed by atoms with E-state index >= 15 is 0 Å². The molecular weight excluding hydrogens is 214 g/mol. The quantitative estimate of drug-likeness (QED) is 0.670. The Labute approximate surface area is 104 Å². The molecular formula is C13H25N3O. The predicted molar refractivity (Wildman–Crippen MR) is 70.3 cm³/mol. The van der Waals surface area contributed by atoms with Gasteiger partial charge in [0.2, 0.25) is 0 Å². The normalized spacial score (nSPS) is 11.3. The Morgan fingerprint density at radius 2 is 2.18 bits per heavy atom. The molecule has 0 spiro atoms. The first-order valence-electron chi connectivity index (χ1n) is 6.46. The van der Waals surface area contributed by atoms with Gasteiger partial charge < -0.3 is 14.6 Å². The van der Waals surface area contributed by atoms with Crippen LogP contribution in [0.4, 0.5) is 0 Å². The number of rotatable bonds is 9. The van der Waals surface area contributed by atoms with Crippen LogP contribution in [0, 0.1) is 0 Å². The zero-order valence-electron chi connectivity index (χ0n) is 11.3. The molecule has 0 aliphatic rings. The molecule has 0 amide bonds. The number of methoxy groups -OCH3 is 1. The molecule has 4 heteroatoms. The Morgan fingerprint density at radius 1 is 1.35 bits per heavy atom. The lowest BCUT2D eigenvalue weighted by molar-refractivity contribution is 0.199. The largest absolute Gasteiger partial charge is 0.383 e. The molecule has 0 fully saturated rings. The third-order valence-corrected chi connectivity index (χ3v) is 2.82. The summed E-state index contributed by atoms with van der Waals surface area (Å²) in [7, 11) is 1.73. The number of hydrogen-bond acceptors (Lipinski definition) is 3. The second-order valence-electron chi connectivity index (χ2n) is 4.59. The maximum atomic E-state index is 4.98. The summed E-state index contributed by atoms with van der Waals surface area (Å²) in [4.78, 5) is 4.21. The fraction of sp³-hybridized carbons (Fsp3) is 0.769. The van der Waals surface area contributed by atoms with Crippen LogP contribution in [0.5, 0.6) is 0 Å². The van der Waals surface area contributed by atoms with E-state index in [-0.39, 0.29) is 0 Å². The molecule has 0 aliphatic heterocycles. The topological polar surface area (TPSA) is 39.1 Å². The van der Waals surface area contributed by atoms with Gasteiger partial charge in [-0.05, 0) is 39.7 Å². The number of nitrogens with one attached hydrogen (secondary N) is 1. The minimum atomic E-state index is 0.507. The van der Waals surface area contributed by atoms with E-state index in [0.29, 0.717) is 6.04 Å². The van der Waals surface area contributed by atoms with Crippen LogP contribution in [0.25, 0.3) is 0 Å². The van der Waals surface area contributed by atoms with E-state index < -0.39 is 0 Å². The van der Waals surface area contributed by atoms with Crippen molar-refractivity contribution in [1.82, 2.24) is 14.9 Å². The fourth-order valence-electron chi connectivity index (χ4n) is 1.85. The van der Waals surface area contributed by atoms with Gasteiger partial charge in [-0.15, -0.1) is 0 Å². The number of ether oxygens (including phenoxy) is 1. The van der Waals surface area contributed by atoms with Crippen molar-refractivity contribution in [3.8, 4) is 0 Å². The van der Waals surface area contributed by atoms with Crippen LogP contribution in [-0.2, 0) is 11.2 Å². The second-order valence-corrected chi connectivity index (χ2v) is 4.59.